The van der Waals surface area contributed by atoms with Crippen LogP contribution in [-0.2, 0) is 29.2 Å². The fraction of sp³-hybridized carbons (Fsp3) is 0.321. The molecule has 0 aliphatic heterocycles. The van der Waals surface area contributed by atoms with Gasteiger partial charge in [-0.2, -0.15) is 0 Å². The molecular formula is C28H32F2N2O4S. The number of benzene rings is 3. The third kappa shape index (κ3) is 8.18. The summed E-state index contributed by atoms with van der Waals surface area (Å²) in [6.07, 6.45) is -0.193. The lowest BCUT2D eigenvalue weighted by Gasteiger charge is -2.25. The Kier molecular flexibility index (Phi) is 9.91. The van der Waals surface area contributed by atoms with Crippen LogP contribution in [0, 0.1) is 11.6 Å². The van der Waals surface area contributed by atoms with E-state index in [4.69, 9.17) is 0 Å². The smallest absolute Gasteiger partial charge is 0.251 e. The van der Waals surface area contributed by atoms with Crippen molar-refractivity contribution in [1.29, 1.82) is 0 Å². The van der Waals surface area contributed by atoms with E-state index in [0.717, 1.165) is 30.2 Å². The van der Waals surface area contributed by atoms with E-state index in [1.165, 1.54) is 36.8 Å². The van der Waals surface area contributed by atoms with Crippen LogP contribution in [0.5, 0.6) is 0 Å². The lowest BCUT2D eigenvalue weighted by atomic mass is 10.00. The molecule has 6 nitrogen and oxygen atoms in total. The van der Waals surface area contributed by atoms with Crippen molar-refractivity contribution in [2.75, 3.05) is 12.3 Å². The molecule has 3 rings (SSSR count). The van der Waals surface area contributed by atoms with E-state index in [1.54, 1.807) is 0 Å². The first-order valence-electron chi connectivity index (χ1n) is 12.2. The van der Waals surface area contributed by atoms with E-state index in [1.807, 2.05) is 18.2 Å². The number of aryl methyl sites for hydroxylation is 1. The van der Waals surface area contributed by atoms with Gasteiger partial charge in [0.25, 0.3) is 5.91 Å². The standard InChI is InChI=1S/C28H32F2N2O4S/c1-3-19-6-5-7-20(12-19)17-31-18-27(33)26(15-21-13-23(29)16-24(30)14-21)32-28(34)22-8-10-25(11-9-22)37(35,36)4-2/h5-14,16,26-27,31,33H,3-4,15,17-18H2,1-2H3,(H,32,34)/t26-,27-/m0/s1. The number of hydrogen-bond acceptors (Lipinski definition) is 5. The molecule has 1 amide bonds. The van der Waals surface area contributed by atoms with Gasteiger partial charge in [-0.1, -0.05) is 38.1 Å². The Bertz CT molecular complexity index is 1290. The van der Waals surface area contributed by atoms with E-state index >= 15 is 0 Å². The molecule has 0 bridgehead atoms. The maximum absolute atomic E-state index is 13.8. The zero-order chi connectivity index (χ0) is 27.0. The second-order valence-electron chi connectivity index (χ2n) is 8.86. The minimum absolute atomic E-state index is 0.0170. The van der Waals surface area contributed by atoms with Crippen molar-refractivity contribution in [2.45, 2.75) is 50.3 Å². The number of hydrogen-bond donors (Lipinski definition) is 3. The number of carbonyl (C=O) groups excluding carboxylic acids is 1. The van der Waals surface area contributed by atoms with Crippen LogP contribution in [0.2, 0.25) is 0 Å². The first kappa shape index (κ1) is 28.4. The summed E-state index contributed by atoms with van der Waals surface area (Å²) in [5.74, 6) is -2.11. The van der Waals surface area contributed by atoms with Gasteiger partial charge in [0.05, 0.1) is 22.8 Å². The van der Waals surface area contributed by atoms with Crippen molar-refractivity contribution in [3.8, 4) is 0 Å². The molecule has 3 aromatic carbocycles. The van der Waals surface area contributed by atoms with Crippen LogP contribution in [0.25, 0.3) is 0 Å². The average molecular weight is 531 g/mol. The minimum atomic E-state index is -3.41. The molecule has 0 aliphatic carbocycles. The Hall–Kier alpha value is -3.14. The fourth-order valence-electron chi connectivity index (χ4n) is 3.96. The predicted octanol–water partition coefficient (Wildman–Crippen LogP) is 3.81. The highest BCUT2D eigenvalue weighted by molar-refractivity contribution is 7.91. The molecule has 3 aromatic rings. The molecule has 0 aliphatic rings. The van der Waals surface area contributed by atoms with Gasteiger partial charge in [-0.15, -0.1) is 0 Å². The van der Waals surface area contributed by atoms with E-state index in [2.05, 4.69) is 23.6 Å². The van der Waals surface area contributed by atoms with Crippen LogP contribution in [0.15, 0.2) is 71.6 Å². The van der Waals surface area contributed by atoms with Crippen LogP contribution < -0.4 is 10.6 Å². The van der Waals surface area contributed by atoms with Crippen molar-refractivity contribution < 1.29 is 27.1 Å². The summed E-state index contributed by atoms with van der Waals surface area (Å²) in [7, 11) is -3.41. The lowest BCUT2D eigenvalue weighted by molar-refractivity contribution is 0.0829. The van der Waals surface area contributed by atoms with Crippen LogP contribution in [0.4, 0.5) is 8.78 Å². The van der Waals surface area contributed by atoms with Gasteiger partial charge in [0, 0.05) is 24.7 Å². The van der Waals surface area contributed by atoms with Gasteiger partial charge in [0.2, 0.25) is 0 Å². The molecule has 37 heavy (non-hydrogen) atoms. The van der Waals surface area contributed by atoms with Crippen molar-refractivity contribution in [2.24, 2.45) is 0 Å². The Morgan fingerprint density at radius 1 is 0.919 bits per heavy atom. The molecule has 198 valence electrons. The second-order valence-corrected chi connectivity index (χ2v) is 11.1. The third-order valence-corrected chi connectivity index (χ3v) is 7.85. The molecule has 0 unspecified atom stereocenters. The summed E-state index contributed by atoms with van der Waals surface area (Å²) in [4.78, 5) is 13.0. The largest absolute Gasteiger partial charge is 0.390 e. The molecule has 0 aromatic heterocycles. The Morgan fingerprint density at radius 2 is 1.57 bits per heavy atom. The molecule has 9 heteroatoms. The van der Waals surface area contributed by atoms with Crippen molar-refractivity contribution in [3.63, 3.8) is 0 Å². The zero-order valence-electron chi connectivity index (χ0n) is 20.9. The van der Waals surface area contributed by atoms with Gasteiger partial charge < -0.3 is 15.7 Å². The van der Waals surface area contributed by atoms with E-state index in [9.17, 15) is 27.1 Å². The summed E-state index contributed by atoms with van der Waals surface area (Å²) in [6, 6.07) is 15.7. The number of amides is 1. The van der Waals surface area contributed by atoms with Gasteiger partial charge >= 0.3 is 0 Å². The first-order chi connectivity index (χ1) is 17.6. The number of nitrogens with one attached hydrogen (secondary N) is 2. The molecular weight excluding hydrogens is 498 g/mol. The molecule has 3 N–H and O–H groups in total. The fourth-order valence-corrected chi connectivity index (χ4v) is 4.85. The molecule has 2 atom stereocenters. The van der Waals surface area contributed by atoms with Crippen molar-refractivity contribution in [1.82, 2.24) is 10.6 Å². The normalized spacial score (nSPS) is 13.2. The average Bonchev–Trinajstić information content (AvgIpc) is 2.87. The van der Waals surface area contributed by atoms with Gasteiger partial charge in [-0.05, 0) is 65.9 Å². The Balaban J connectivity index is 1.73. The van der Waals surface area contributed by atoms with E-state index < -0.39 is 39.5 Å². The van der Waals surface area contributed by atoms with Crippen LogP contribution in [0.3, 0.4) is 0 Å². The summed E-state index contributed by atoms with van der Waals surface area (Å²) >= 11 is 0. The maximum atomic E-state index is 13.8. The lowest BCUT2D eigenvalue weighted by Crippen LogP contribution is -2.48. The van der Waals surface area contributed by atoms with Gasteiger partial charge in [0.1, 0.15) is 11.6 Å². The number of aliphatic hydroxyl groups excluding tert-OH is 1. The van der Waals surface area contributed by atoms with Crippen LogP contribution >= 0.6 is 0 Å². The topological polar surface area (TPSA) is 95.5 Å². The highest BCUT2D eigenvalue weighted by Crippen LogP contribution is 2.15. The molecule has 0 fully saturated rings. The minimum Gasteiger partial charge on any atom is -0.390 e. The third-order valence-electron chi connectivity index (χ3n) is 6.10. The molecule has 0 saturated heterocycles. The molecule has 0 spiro atoms. The number of rotatable bonds is 12. The zero-order valence-corrected chi connectivity index (χ0v) is 21.7. The number of carbonyl (C=O) groups is 1. The van der Waals surface area contributed by atoms with E-state index in [0.29, 0.717) is 6.54 Å². The van der Waals surface area contributed by atoms with Crippen LogP contribution in [-0.4, -0.2) is 43.9 Å². The SMILES string of the molecule is CCc1cccc(CNC[C@H](O)[C@H](Cc2cc(F)cc(F)c2)NC(=O)c2ccc(S(=O)(=O)CC)cc2)c1. The highest BCUT2D eigenvalue weighted by Gasteiger charge is 2.23. The maximum Gasteiger partial charge on any atom is 0.251 e. The number of sulfone groups is 1. The van der Waals surface area contributed by atoms with Crippen LogP contribution in [0.1, 0.15) is 40.9 Å². The molecule has 0 saturated carbocycles. The first-order valence-corrected chi connectivity index (χ1v) is 13.8. The Morgan fingerprint density at radius 3 is 2.19 bits per heavy atom. The molecule has 0 heterocycles. The van der Waals surface area contributed by atoms with Gasteiger partial charge in [0.15, 0.2) is 9.84 Å². The monoisotopic (exact) mass is 530 g/mol. The summed E-state index contributed by atoms with van der Waals surface area (Å²) in [5.41, 5.74) is 2.71. The quantitative estimate of drug-likeness (QED) is 0.331. The van der Waals surface area contributed by atoms with E-state index in [-0.39, 0.29) is 34.7 Å². The second kappa shape index (κ2) is 12.9. The summed E-state index contributed by atoms with van der Waals surface area (Å²) < 4.78 is 51.6. The number of halogens is 2. The number of aliphatic hydroxyl groups is 1. The van der Waals surface area contributed by atoms with Crippen molar-refractivity contribution in [3.05, 3.63) is 101 Å². The highest BCUT2D eigenvalue weighted by atomic mass is 32.2. The Labute approximate surface area is 216 Å². The van der Waals surface area contributed by atoms with Gasteiger partial charge in [-0.25, -0.2) is 17.2 Å². The predicted molar refractivity (Wildman–Crippen MR) is 139 cm³/mol. The summed E-state index contributed by atoms with van der Waals surface area (Å²) in [5, 5.41) is 16.8. The van der Waals surface area contributed by atoms with Crippen molar-refractivity contribution >= 4 is 15.7 Å². The summed E-state index contributed by atoms with van der Waals surface area (Å²) in [6.45, 7) is 4.21. The van der Waals surface area contributed by atoms with Gasteiger partial charge in [-0.3, -0.25) is 4.79 Å². The molecule has 0 radical (unpaired) electrons.